The van der Waals surface area contributed by atoms with Crippen LogP contribution in [0.5, 0.6) is 5.75 Å². The second kappa shape index (κ2) is 4.64. The van der Waals surface area contributed by atoms with Gasteiger partial charge in [-0.25, -0.2) is 8.78 Å². The molecule has 1 aromatic heterocycles. The van der Waals surface area contributed by atoms with Crippen LogP contribution < -0.4 is 10.5 Å². The number of rotatable bonds is 3. The third kappa shape index (κ3) is 1.90. The Balaban J connectivity index is 2.68. The van der Waals surface area contributed by atoms with E-state index in [1.807, 2.05) is 0 Å². The highest BCUT2D eigenvalue weighted by atomic mass is 19.1. The van der Waals surface area contributed by atoms with Crippen LogP contribution in [0.1, 0.15) is 5.56 Å². The van der Waals surface area contributed by atoms with E-state index in [0.717, 1.165) is 6.07 Å². The maximum Gasteiger partial charge on any atom is 0.166 e. The number of nitrogens with two attached hydrogens (primary N) is 1. The smallest absolute Gasteiger partial charge is 0.166 e. The molecule has 2 aromatic rings. The number of nitrogens with zero attached hydrogens (tertiary/aromatic N) is 2. The molecule has 0 bridgehead atoms. The minimum atomic E-state index is -0.756. The molecule has 2 rings (SSSR count). The molecule has 0 fully saturated rings. The van der Waals surface area contributed by atoms with Gasteiger partial charge >= 0.3 is 0 Å². The summed E-state index contributed by atoms with van der Waals surface area (Å²) in [5, 5.41) is 3.97. The molecule has 0 unspecified atom stereocenters. The van der Waals surface area contributed by atoms with Gasteiger partial charge < -0.3 is 10.5 Å². The van der Waals surface area contributed by atoms with Gasteiger partial charge in [-0.15, -0.1) is 0 Å². The monoisotopic (exact) mass is 253 g/mol. The summed E-state index contributed by atoms with van der Waals surface area (Å²) in [6.45, 7) is -0.756. The maximum atomic E-state index is 13.8. The van der Waals surface area contributed by atoms with Crippen molar-refractivity contribution in [1.82, 2.24) is 9.78 Å². The number of alkyl halides is 1. The van der Waals surface area contributed by atoms with Gasteiger partial charge in [0.05, 0.1) is 13.3 Å². The second-order valence-corrected chi connectivity index (χ2v) is 3.86. The summed E-state index contributed by atoms with van der Waals surface area (Å²) in [4.78, 5) is 0. The Kier molecular flexibility index (Phi) is 3.18. The molecule has 18 heavy (non-hydrogen) atoms. The van der Waals surface area contributed by atoms with Crippen LogP contribution in [0.3, 0.4) is 0 Å². The SMILES string of the molecule is COc1c(F)cc(CF)cc1-c1cnn(C)c1N. The summed E-state index contributed by atoms with van der Waals surface area (Å²) in [6, 6.07) is 2.62. The average Bonchev–Trinajstić information content (AvgIpc) is 2.69. The highest BCUT2D eigenvalue weighted by Gasteiger charge is 2.17. The van der Waals surface area contributed by atoms with Crippen molar-refractivity contribution in [1.29, 1.82) is 0 Å². The molecule has 0 aliphatic rings. The van der Waals surface area contributed by atoms with E-state index >= 15 is 0 Å². The fourth-order valence-corrected chi connectivity index (χ4v) is 1.79. The second-order valence-electron chi connectivity index (χ2n) is 3.86. The molecular formula is C12H13F2N3O. The lowest BCUT2D eigenvalue weighted by Gasteiger charge is -2.10. The Morgan fingerprint density at radius 2 is 2.11 bits per heavy atom. The number of methoxy groups -OCH3 is 1. The predicted octanol–water partition coefficient (Wildman–Crippen LogP) is 2.29. The van der Waals surface area contributed by atoms with Gasteiger partial charge in [0, 0.05) is 18.2 Å². The minimum absolute atomic E-state index is 0.0342. The lowest BCUT2D eigenvalue weighted by atomic mass is 10.0. The Bertz CT molecular complexity index is 581. The Hall–Kier alpha value is -2.11. The predicted molar refractivity (Wildman–Crippen MR) is 64.4 cm³/mol. The molecule has 0 aliphatic heterocycles. The summed E-state index contributed by atoms with van der Waals surface area (Å²) in [7, 11) is 3.02. The zero-order chi connectivity index (χ0) is 13.3. The van der Waals surface area contributed by atoms with E-state index in [0.29, 0.717) is 16.9 Å². The molecule has 0 amide bonds. The van der Waals surface area contributed by atoms with Crippen LogP contribution in [-0.2, 0) is 13.7 Å². The molecule has 0 aliphatic carbocycles. The van der Waals surface area contributed by atoms with E-state index < -0.39 is 12.5 Å². The number of hydrogen-bond acceptors (Lipinski definition) is 3. The first-order chi connectivity index (χ1) is 8.58. The van der Waals surface area contributed by atoms with Crippen molar-refractivity contribution in [2.75, 3.05) is 12.8 Å². The third-order valence-electron chi connectivity index (χ3n) is 2.74. The van der Waals surface area contributed by atoms with Crippen molar-refractivity contribution in [2.45, 2.75) is 6.67 Å². The fourth-order valence-electron chi connectivity index (χ4n) is 1.79. The van der Waals surface area contributed by atoms with E-state index in [9.17, 15) is 8.78 Å². The lowest BCUT2D eigenvalue weighted by Crippen LogP contribution is -2.00. The highest BCUT2D eigenvalue weighted by Crippen LogP contribution is 2.36. The number of hydrogen-bond donors (Lipinski definition) is 1. The van der Waals surface area contributed by atoms with Crippen LogP contribution in [0.15, 0.2) is 18.3 Å². The average molecular weight is 253 g/mol. The molecule has 0 spiro atoms. The number of benzene rings is 1. The van der Waals surface area contributed by atoms with Gasteiger partial charge in [0.1, 0.15) is 12.5 Å². The minimum Gasteiger partial charge on any atom is -0.493 e. The van der Waals surface area contributed by atoms with Crippen LogP contribution in [0.4, 0.5) is 14.6 Å². The fraction of sp³-hybridized carbons (Fsp3) is 0.250. The van der Waals surface area contributed by atoms with E-state index in [4.69, 9.17) is 10.5 Å². The van der Waals surface area contributed by atoms with Gasteiger partial charge in [0.2, 0.25) is 0 Å². The number of halogens is 2. The van der Waals surface area contributed by atoms with Crippen LogP contribution in [-0.4, -0.2) is 16.9 Å². The summed E-state index contributed by atoms with van der Waals surface area (Å²) in [5.41, 5.74) is 6.97. The van der Waals surface area contributed by atoms with Crippen LogP contribution in [0, 0.1) is 5.82 Å². The Labute approximate surface area is 103 Å². The zero-order valence-corrected chi connectivity index (χ0v) is 10.1. The molecular weight excluding hydrogens is 240 g/mol. The molecule has 1 heterocycles. The van der Waals surface area contributed by atoms with Gasteiger partial charge in [0.25, 0.3) is 0 Å². The first-order valence-corrected chi connectivity index (χ1v) is 5.28. The summed E-state index contributed by atoms with van der Waals surface area (Å²) < 4.78 is 32.9. The van der Waals surface area contributed by atoms with Crippen molar-refractivity contribution < 1.29 is 13.5 Å². The molecule has 4 nitrogen and oxygen atoms in total. The van der Waals surface area contributed by atoms with E-state index in [1.165, 1.54) is 24.1 Å². The number of aryl methyl sites for hydroxylation is 1. The molecule has 96 valence electrons. The molecule has 6 heteroatoms. The Morgan fingerprint density at radius 1 is 1.39 bits per heavy atom. The van der Waals surface area contributed by atoms with Gasteiger partial charge in [0.15, 0.2) is 11.6 Å². The summed E-state index contributed by atoms with van der Waals surface area (Å²) >= 11 is 0. The highest BCUT2D eigenvalue weighted by molar-refractivity contribution is 5.79. The van der Waals surface area contributed by atoms with Gasteiger partial charge in [-0.1, -0.05) is 0 Å². The standard InChI is InChI=1S/C12H13F2N3O/c1-17-12(15)9(6-16-17)8-3-7(5-13)4-10(14)11(8)18-2/h3-4,6H,5,15H2,1-2H3. The van der Waals surface area contributed by atoms with Crippen LogP contribution >= 0.6 is 0 Å². The first kappa shape index (κ1) is 12.3. The lowest BCUT2D eigenvalue weighted by molar-refractivity contribution is 0.386. The Morgan fingerprint density at radius 3 is 2.61 bits per heavy atom. The summed E-state index contributed by atoms with van der Waals surface area (Å²) in [6.07, 6.45) is 1.49. The quantitative estimate of drug-likeness (QED) is 0.913. The van der Waals surface area contributed by atoms with E-state index in [1.54, 1.807) is 7.05 Å². The zero-order valence-electron chi connectivity index (χ0n) is 10.1. The molecule has 0 saturated heterocycles. The first-order valence-electron chi connectivity index (χ1n) is 5.28. The molecule has 0 radical (unpaired) electrons. The number of anilines is 1. The van der Waals surface area contributed by atoms with Gasteiger partial charge in [-0.2, -0.15) is 5.10 Å². The molecule has 2 N–H and O–H groups in total. The third-order valence-corrected chi connectivity index (χ3v) is 2.74. The molecule has 1 aromatic carbocycles. The van der Waals surface area contributed by atoms with Crippen molar-refractivity contribution >= 4 is 5.82 Å². The van der Waals surface area contributed by atoms with Crippen LogP contribution in [0.2, 0.25) is 0 Å². The van der Waals surface area contributed by atoms with Crippen molar-refractivity contribution in [3.8, 4) is 16.9 Å². The van der Waals surface area contributed by atoms with E-state index in [2.05, 4.69) is 5.10 Å². The van der Waals surface area contributed by atoms with E-state index in [-0.39, 0.29) is 11.3 Å². The molecule has 0 atom stereocenters. The van der Waals surface area contributed by atoms with Crippen molar-refractivity contribution in [2.24, 2.45) is 7.05 Å². The van der Waals surface area contributed by atoms with Crippen LogP contribution in [0.25, 0.3) is 11.1 Å². The van der Waals surface area contributed by atoms with Crippen molar-refractivity contribution in [3.05, 3.63) is 29.7 Å². The number of nitrogen functional groups attached to an aromatic ring is 1. The largest absolute Gasteiger partial charge is 0.493 e. The molecule has 0 saturated carbocycles. The number of ether oxygens (including phenoxy) is 1. The van der Waals surface area contributed by atoms with Crippen molar-refractivity contribution in [3.63, 3.8) is 0 Å². The van der Waals surface area contributed by atoms with Gasteiger partial charge in [-0.3, -0.25) is 4.68 Å². The topological polar surface area (TPSA) is 53.1 Å². The normalized spacial score (nSPS) is 10.7. The van der Waals surface area contributed by atoms with Gasteiger partial charge in [-0.05, 0) is 17.7 Å². The number of aromatic nitrogens is 2. The summed E-state index contributed by atoms with van der Waals surface area (Å²) in [5.74, 6) is -0.221. The maximum absolute atomic E-state index is 13.8.